The molecule has 0 fully saturated rings. The van der Waals surface area contributed by atoms with E-state index < -0.39 is 11.6 Å². The second-order valence-electron chi connectivity index (χ2n) is 10.9. The molecule has 0 unspecified atom stereocenters. The van der Waals surface area contributed by atoms with Crippen LogP contribution in [0.25, 0.3) is 11.0 Å². The van der Waals surface area contributed by atoms with Gasteiger partial charge in [0.05, 0.1) is 11.9 Å². The minimum Gasteiger partial charge on any atom is -0.483 e. The van der Waals surface area contributed by atoms with Gasteiger partial charge in [0.25, 0.3) is 0 Å². The molecule has 1 aliphatic heterocycles. The zero-order valence-electron chi connectivity index (χ0n) is 22.5. The Bertz CT molecular complexity index is 1530. The Morgan fingerprint density at radius 2 is 1.97 bits per heavy atom. The molecule has 0 bridgehead atoms. The smallest absolute Gasteiger partial charge is 0.304 e. The molecule has 5 rings (SSSR count). The van der Waals surface area contributed by atoms with Crippen molar-refractivity contribution in [3.63, 3.8) is 0 Å². The van der Waals surface area contributed by atoms with Gasteiger partial charge in [0, 0.05) is 38.2 Å². The Kier molecular flexibility index (Phi) is 6.69. The molecule has 0 radical (unpaired) electrons. The highest BCUT2D eigenvalue weighted by Gasteiger charge is 2.31. The van der Waals surface area contributed by atoms with Crippen LogP contribution in [0.4, 0.5) is 4.39 Å². The fraction of sp³-hybridized carbons (Fsp3) is 0.367. The van der Waals surface area contributed by atoms with E-state index in [1.54, 1.807) is 10.7 Å². The van der Waals surface area contributed by atoms with Gasteiger partial charge in [0.1, 0.15) is 11.1 Å². The summed E-state index contributed by atoms with van der Waals surface area (Å²) in [4.78, 5) is 14.2. The fourth-order valence-corrected chi connectivity index (χ4v) is 5.58. The third-order valence-corrected chi connectivity index (χ3v) is 7.43. The van der Waals surface area contributed by atoms with Gasteiger partial charge in [0.2, 0.25) is 0 Å². The molecule has 0 aliphatic carbocycles. The topological polar surface area (TPSA) is 80.5 Å². The molecule has 198 valence electrons. The van der Waals surface area contributed by atoms with Crippen molar-refractivity contribution >= 4 is 17.0 Å². The van der Waals surface area contributed by atoms with Gasteiger partial charge in [-0.25, -0.2) is 9.07 Å². The van der Waals surface area contributed by atoms with Crippen LogP contribution >= 0.6 is 0 Å². The van der Waals surface area contributed by atoms with Gasteiger partial charge in [-0.2, -0.15) is 0 Å². The van der Waals surface area contributed by atoms with Crippen molar-refractivity contribution in [1.29, 1.82) is 0 Å². The summed E-state index contributed by atoms with van der Waals surface area (Å²) in [6.45, 7) is 9.79. The first-order valence-electron chi connectivity index (χ1n) is 12.8. The van der Waals surface area contributed by atoms with Crippen LogP contribution in [0.1, 0.15) is 59.6 Å². The summed E-state index contributed by atoms with van der Waals surface area (Å²) in [5.74, 6) is -1.22. The first kappa shape index (κ1) is 25.9. The lowest BCUT2D eigenvalue weighted by molar-refractivity contribution is -0.137. The van der Waals surface area contributed by atoms with Crippen LogP contribution in [-0.4, -0.2) is 43.1 Å². The van der Waals surface area contributed by atoms with E-state index >= 15 is 0 Å². The second kappa shape index (κ2) is 9.83. The highest BCUT2D eigenvalue weighted by Crippen LogP contribution is 2.36. The molecule has 7 nitrogen and oxygen atoms in total. The Hall–Kier alpha value is -3.78. The summed E-state index contributed by atoms with van der Waals surface area (Å²) in [7, 11) is 1.84. The monoisotopic (exact) mass is 516 g/mol. The fourth-order valence-electron chi connectivity index (χ4n) is 5.58. The number of carboxylic acid groups (broad SMARTS) is 1. The van der Waals surface area contributed by atoms with Crippen LogP contribution < -0.4 is 4.74 Å². The van der Waals surface area contributed by atoms with Crippen molar-refractivity contribution in [2.45, 2.75) is 58.7 Å². The molecular weight excluding hydrogens is 483 g/mol. The van der Waals surface area contributed by atoms with Gasteiger partial charge < -0.3 is 9.84 Å². The number of hydrogen-bond donors (Lipinski definition) is 1. The maximum Gasteiger partial charge on any atom is 0.304 e. The second-order valence-corrected chi connectivity index (χ2v) is 10.9. The number of aromatic nitrogens is 3. The SMILES string of the molecule is Cc1ccc([C@@H](CC(=O)O)c2ccc3c(nnn3C)c2C)cc1CN1Cc2cccc(F)c2OC(C)(C)C1. The van der Waals surface area contributed by atoms with Crippen molar-refractivity contribution in [3.8, 4) is 5.75 Å². The minimum atomic E-state index is -0.860. The van der Waals surface area contributed by atoms with E-state index in [-0.39, 0.29) is 18.2 Å². The maximum atomic E-state index is 14.6. The summed E-state index contributed by atoms with van der Waals surface area (Å²) < 4.78 is 22.4. The Morgan fingerprint density at radius 3 is 2.74 bits per heavy atom. The van der Waals surface area contributed by atoms with Crippen LogP contribution in [0.2, 0.25) is 0 Å². The van der Waals surface area contributed by atoms with Crippen LogP contribution in [0.5, 0.6) is 5.75 Å². The van der Waals surface area contributed by atoms with E-state index in [1.165, 1.54) is 6.07 Å². The number of halogens is 1. The van der Waals surface area contributed by atoms with Gasteiger partial charge in [0.15, 0.2) is 11.6 Å². The molecule has 1 N–H and O–H groups in total. The van der Waals surface area contributed by atoms with Crippen LogP contribution in [0.3, 0.4) is 0 Å². The first-order valence-corrected chi connectivity index (χ1v) is 12.8. The summed E-state index contributed by atoms with van der Waals surface area (Å²) in [5, 5.41) is 18.3. The number of ether oxygens (including phenoxy) is 1. The Balaban J connectivity index is 1.51. The number of hydrogen-bond acceptors (Lipinski definition) is 5. The van der Waals surface area contributed by atoms with Gasteiger partial charge in [-0.3, -0.25) is 9.69 Å². The zero-order valence-corrected chi connectivity index (χ0v) is 22.5. The number of fused-ring (bicyclic) bond motifs is 2. The highest BCUT2D eigenvalue weighted by molar-refractivity contribution is 5.80. The first-order chi connectivity index (χ1) is 18.0. The molecule has 4 aromatic rings. The zero-order chi connectivity index (χ0) is 27.2. The molecule has 1 aliphatic rings. The quantitative estimate of drug-likeness (QED) is 0.364. The van der Waals surface area contributed by atoms with E-state index in [1.807, 2.05) is 52.1 Å². The molecule has 2 heterocycles. The van der Waals surface area contributed by atoms with E-state index in [9.17, 15) is 14.3 Å². The average molecular weight is 517 g/mol. The van der Waals surface area contributed by atoms with Crippen molar-refractivity contribution in [2.24, 2.45) is 7.05 Å². The van der Waals surface area contributed by atoms with Gasteiger partial charge in [-0.15, -0.1) is 5.10 Å². The van der Waals surface area contributed by atoms with Gasteiger partial charge in [-0.05, 0) is 67.6 Å². The summed E-state index contributed by atoms with van der Waals surface area (Å²) in [5.41, 5.74) is 6.97. The lowest BCUT2D eigenvalue weighted by atomic mass is 9.84. The number of aryl methyl sites for hydroxylation is 3. The number of nitrogens with zero attached hydrogens (tertiary/aromatic N) is 4. The highest BCUT2D eigenvalue weighted by atomic mass is 19.1. The van der Waals surface area contributed by atoms with Crippen LogP contribution in [-0.2, 0) is 24.9 Å². The van der Waals surface area contributed by atoms with E-state index in [0.717, 1.165) is 44.4 Å². The van der Waals surface area contributed by atoms with Crippen molar-refractivity contribution in [1.82, 2.24) is 19.9 Å². The molecule has 1 atom stereocenters. The predicted molar refractivity (Wildman–Crippen MR) is 144 cm³/mol. The summed E-state index contributed by atoms with van der Waals surface area (Å²) in [6.07, 6.45) is -0.0354. The summed E-state index contributed by atoms with van der Waals surface area (Å²) >= 11 is 0. The summed E-state index contributed by atoms with van der Waals surface area (Å²) in [6, 6.07) is 15.2. The van der Waals surface area contributed by atoms with Crippen molar-refractivity contribution in [2.75, 3.05) is 6.54 Å². The number of carboxylic acids is 1. The molecule has 0 saturated heterocycles. The van der Waals surface area contributed by atoms with E-state index in [0.29, 0.717) is 25.4 Å². The number of para-hydroxylation sites is 1. The molecule has 0 saturated carbocycles. The Morgan fingerprint density at radius 1 is 1.18 bits per heavy atom. The molecule has 8 heteroatoms. The maximum absolute atomic E-state index is 14.6. The third kappa shape index (κ3) is 5.00. The largest absolute Gasteiger partial charge is 0.483 e. The number of benzene rings is 3. The van der Waals surface area contributed by atoms with E-state index in [2.05, 4.69) is 34.3 Å². The van der Waals surface area contributed by atoms with E-state index in [4.69, 9.17) is 4.74 Å². The Labute approximate surface area is 221 Å². The number of carbonyl (C=O) groups is 1. The van der Waals surface area contributed by atoms with Gasteiger partial charge in [-0.1, -0.05) is 41.6 Å². The van der Waals surface area contributed by atoms with Crippen molar-refractivity contribution in [3.05, 3.63) is 87.7 Å². The lowest BCUT2D eigenvalue weighted by Gasteiger charge is -2.30. The standard InChI is InChI=1S/C30H33FN4O3/c1-18-9-10-20(24(14-27(36)37)23-11-12-26-28(19(23)2)32-33-34(26)5)13-22(18)16-35-15-21-7-6-8-25(31)29(21)38-30(3,4)17-35/h6-13,24H,14-17H2,1-5H3,(H,36,37)/t24-/m1/s1. The molecule has 0 spiro atoms. The molecule has 0 amide bonds. The normalized spacial score (nSPS) is 16.1. The van der Waals surface area contributed by atoms with Gasteiger partial charge >= 0.3 is 5.97 Å². The number of rotatable bonds is 6. The van der Waals surface area contributed by atoms with Crippen LogP contribution in [0.15, 0.2) is 48.5 Å². The molecule has 3 aromatic carbocycles. The number of aliphatic carboxylic acids is 1. The molecule has 1 aromatic heterocycles. The third-order valence-electron chi connectivity index (χ3n) is 7.43. The van der Waals surface area contributed by atoms with Crippen molar-refractivity contribution < 1.29 is 19.0 Å². The van der Waals surface area contributed by atoms with Crippen LogP contribution in [0, 0.1) is 19.7 Å². The predicted octanol–water partition coefficient (Wildman–Crippen LogP) is 5.50. The molecular formula is C30H33FN4O3. The lowest BCUT2D eigenvalue weighted by Crippen LogP contribution is -2.40. The molecule has 38 heavy (non-hydrogen) atoms. The average Bonchev–Trinajstić information content (AvgIpc) is 3.16. The minimum absolute atomic E-state index is 0.0354.